The summed E-state index contributed by atoms with van der Waals surface area (Å²) < 4.78 is 59.4. The van der Waals surface area contributed by atoms with Crippen molar-refractivity contribution >= 4 is 26.9 Å². The van der Waals surface area contributed by atoms with Crippen LogP contribution in [0, 0.1) is 0 Å². The molecular weight excluding hydrogens is 527 g/mol. The van der Waals surface area contributed by atoms with Crippen LogP contribution in [0.2, 0.25) is 0 Å². The van der Waals surface area contributed by atoms with Crippen LogP contribution in [0.15, 0.2) is 74.3 Å². The molecule has 5 rings (SSSR count). The first kappa shape index (κ1) is 23.4. The lowest BCUT2D eigenvalue weighted by Crippen LogP contribution is -2.32. The number of hydrogen-bond acceptors (Lipinski definition) is 5. The fraction of sp³-hybridized carbons (Fsp3) is 0.192. The Hall–Kier alpha value is -3.30. The lowest BCUT2D eigenvalue weighted by Gasteiger charge is -2.29. The smallest absolute Gasteiger partial charge is 0.450 e. The number of fused-ring (bicyclic) bond motifs is 3. The third kappa shape index (κ3) is 4.53. The molecule has 0 aliphatic carbocycles. The Morgan fingerprint density at radius 2 is 1.74 bits per heavy atom. The highest BCUT2D eigenvalue weighted by Crippen LogP contribution is 2.40. The number of hydrogen-bond donors (Lipinski definition) is 0. The average Bonchev–Trinajstić information content (AvgIpc) is 2.84. The molecule has 0 fully saturated rings. The van der Waals surface area contributed by atoms with E-state index in [0.717, 1.165) is 11.3 Å². The predicted octanol–water partition coefficient (Wildman–Crippen LogP) is 6.60. The van der Waals surface area contributed by atoms with Crippen molar-refractivity contribution in [1.82, 2.24) is 4.90 Å². The number of rotatable bonds is 4. The summed E-state index contributed by atoms with van der Waals surface area (Å²) >= 11 is 3.26. The van der Waals surface area contributed by atoms with Gasteiger partial charge in [-0.1, -0.05) is 40.2 Å². The molecule has 35 heavy (non-hydrogen) atoms. The molecule has 4 aromatic rings. The van der Waals surface area contributed by atoms with Gasteiger partial charge in [-0.3, -0.25) is 9.69 Å². The lowest BCUT2D eigenvalue weighted by atomic mass is 10.00. The van der Waals surface area contributed by atoms with E-state index < -0.39 is 22.9 Å². The van der Waals surface area contributed by atoms with E-state index in [2.05, 4.69) is 15.9 Å². The van der Waals surface area contributed by atoms with Gasteiger partial charge in [-0.25, -0.2) is 0 Å². The minimum atomic E-state index is -4.86. The minimum absolute atomic E-state index is 0.0737. The summed E-state index contributed by atoms with van der Waals surface area (Å²) in [6.07, 6.45) is -4.86. The molecule has 0 saturated heterocycles. The number of methoxy groups -OCH3 is 1. The van der Waals surface area contributed by atoms with Crippen LogP contribution in [-0.2, 0) is 19.3 Å². The number of halogens is 4. The molecule has 0 atom stereocenters. The molecule has 1 aliphatic heterocycles. The maximum absolute atomic E-state index is 14.1. The van der Waals surface area contributed by atoms with Crippen molar-refractivity contribution in [3.63, 3.8) is 0 Å². The fourth-order valence-electron chi connectivity index (χ4n) is 4.18. The van der Waals surface area contributed by atoms with Gasteiger partial charge in [0.05, 0.1) is 23.6 Å². The highest BCUT2D eigenvalue weighted by molar-refractivity contribution is 9.10. The van der Waals surface area contributed by atoms with E-state index in [1.165, 1.54) is 18.2 Å². The maximum Gasteiger partial charge on any atom is 0.450 e. The van der Waals surface area contributed by atoms with Crippen LogP contribution in [0.1, 0.15) is 16.9 Å². The Morgan fingerprint density at radius 3 is 2.40 bits per heavy atom. The number of alkyl halides is 3. The van der Waals surface area contributed by atoms with Crippen LogP contribution < -0.4 is 14.9 Å². The Labute approximate surface area is 206 Å². The SMILES string of the molecule is COc1ccc(CN2COc3ccc4c(=O)c(-c5ccc(Br)cc5)c(C(F)(F)F)oc4c3C2)cc1. The van der Waals surface area contributed by atoms with Gasteiger partial charge in [0.15, 0.2) is 0 Å². The molecule has 1 aromatic heterocycles. The summed E-state index contributed by atoms with van der Waals surface area (Å²) in [5, 5.41) is 0.0737. The number of nitrogens with zero attached hydrogens (tertiary/aromatic N) is 1. The van der Waals surface area contributed by atoms with E-state index in [1.807, 2.05) is 29.2 Å². The minimum Gasteiger partial charge on any atom is -0.497 e. The van der Waals surface area contributed by atoms with Gasteiger partial charge in [0.25, 0.3) is 0 Å². The van der Waals surface area contributed by atoms with Gasteiger partial charge >= 0.3 is 6.18 Å². The van der Waals surface area contributed by atoms with Crippen LogP contribution in [0.25, 0.3) is 22.1 Å². The molecule has 2 heterocycles. The standard InChI is InChI=1S/C26H19BrF3NO4/c1-33-18-8-2-15(3-9-18)12-31-13-20-21(34-14-31)11-10-19-23(32)22(16-4-6-17(27)7-5-16)25(26(28,29)30)35-24(19)20/h2-11H,12-14H2,1H3. The summed E-state index contributed by atoms with van der Waals surface area (Å²) in [7, 11) is 1.58. The van der Waals surface area contributed by atoms with Gasteiger partial charge in [0, 0.05) is 17.6 Å². The molecule has 0 bridgehead atoms. The molecule has 5 nitrogen and oxygen atoms in total. The van der Waals surface area contributed by atoms with Crippen molar-refractivity contribution in [3.05, 3.63) is 92.2 Å². The highest BCUT2D eigenvalue weighted by Gasteiger charge is 2.40. The molecule has 0 amide bonds. The van der Waals surface area contributed by atoms with Crippen molar-refractivity contribution in [2.45, 2.75) is 19.3 Å². The first-order valence-electron chi connectivity index (χ1n) is 10.7. The van der Waals surface area contributed by atoms with Crippen molar-refractivity contribution < 1.29 is 27.1 Å². The maximum atomic E-state index is 14.1. The van der Waals surface area contributed by atoms with Gasteiger partial charge in [-0.05, 0) is 47.5 Å². The summed E-state index contributed by atoms with van der Waals surface area (Å²) in [6.45, 7) is 1.00. The molecule has 180 valence electrons. The van der Waals surface area contributed by atoms with Crippen molar-refractivity contribution in [2.75, 3.05) is 13.8 Å². The summed E-state index contributed by atoms with van der Waals surface area (Å²) in [6, 6.07) is 16.6. The second-order valence-corrected chi connectivity index (χ2v) is 9.08. The van der Waals surface area contributed by atoms with Gasteiger partial charge in [-0.2, -0.15) is 13.2 Å². The van der Waals surface area contributed by atoms with Crippen LogP contribution in [-0.4, -0.2) is 18.7 Å². The lowest BCUT2D eigenvalue weighted by molar-refractivity contribution is -0.152. The summed E-state index contributed by atoms with van der Waals surface area (Å²) in [5.41, 5.74) is 0.159. The van der Waals surface area contributed by atoms with E-state index in [4.69, 9.17) is 13.9 Å². The second-order valence-electron chi connectivity index (χ2n) is 8.17. The largest absolute Gasteiger partial charge is 0.497 e. The van der Waals surface area contributed by atoms with Crippen molar-refractivity contribution in [1.29, 1.82) is 0 Å². The number of benzene rings is 3. The van der Waals surface area contributed by atoms with E-state index in [1.54, 1.807) is 25.3 Å². The van der Waals surface area contributed by atoms with E-state index >= 15 is 0 Å². The monoisotopic (exact) mass is 545 g/mol. The fourth-order valence-corrected chi connectivity index (χ4v) is 4.44. The average molecular weight is 546 g/mol. The van der Waals surface area contributed by atoms with Crippen LogP contribution in [0.3, 0.4) is 0 Å². The Bertz CT molecular complexity index is 1450. The topological polar surface area (TPSA) is 51.9 Å². The third-order valence-corrected chi connectivity index (χ3v) is 6.39. The Balaban J connectivity index is 1.60. The van der Waals surface area contributed by atoms with E-state index in [9.17, 15) is 18.0 Å². The normalized spacial score (nSPS) is 14.0. The van der Waals surface area contributed by atoms with Crippen LogP contribution in [0.4, 0.5) is 13.2 Å². The first-order valence-corrected chi connectivity index (χ1v) is 11.5. The Kier molecular flexibility index (Phi) is 6.06. The molecular formula is C26H19BrF3NO4. The van der Waals surface area contributed by atoms with Gasteiger partial charge in [0.2, 0.25) is 11.2 Å². The highest BCUT2D eigenvalue weighted by atomic mass is 79.9. The molecule has 0 N–H and O–H groups in total. The second kappa shape index (κ2) is 9.05. The molecule has 1 aliphatic rings. The third-order valence-electron chi connectivity index (χ3n) is 5.86. The van der Waals surface area contributed by atoms with Gasteiger partial charge in [-0.15, -0.1) is 0 Å². The quantitative estimate of drug-likeness (QED) is 0.289. The van der Waals surface area contributed by atoms with Crippen molar-refractivity contribution in [2.24, 2.45) is 0 Å². The summed E-state index contributed by atoms with van der Waals surface area (Å²) in [5.74, 6) is -0.197. The zero-order valence-corrected chi connectivity index (χ0v) is 20.1. The molecule has 0 radical (unpaired) electrons. The molecule has 9 heteroatoms. The molecule has 0 unspecified atom stereocenters. The van der Waals surface area contributed by atoms with E-state index in [0.29, 0.717) is 22.3 Å². The number of ether oxygens (including phenoxy) is 2. The van der Waals surface area contributed by atoms with Crippen LogP contribution >= 0.6 is 15.9 Å². The van der Waals surface area contributed by atoms with Gasteiger partial charge in [0.1, 0.15) is 23.8 Å². The zero-order chi connectivity index (χ0) is 24.7. The molecule has 0 spiro atoms. The van der Waals surface area contributed by atoms with Crippen molar-refractivity contribution in [3.8, 4) is 22.6 Å². The van der Waals surface area contributed by atoms with Gasteiger partial charge < -0.3 is 13.9 Å². The predicted molar refractivity (Wildman–Crippen MR) is 128 cm³/mol. The first-order chi connectivity index (χ1) is 16.7. The molecule has 0 saturated carbocycles. The Morgan fingerprint density at radius 1 is 1.03 bits per heavy atom. The summed E-state index contributed by atoms with van der Waals surface area (Å²) in [4.78, 5) is 15.3. The van der Waals surface area contributed by atoms with E-state index in [-0.39, 0.29) is 29.8 Å². The molecule has 3 aromatic carbocycles. The zero-order valence-electron chi connectivity index (χ0n) is 18.5. The van der Waals surface area contributed by atoms with Crippen LogP contribution in [0.5, 0.6) is 11.5 Å².